The van der Waals surface area contributed by atoms with Gasteiger partial charge in [-0.15, -0.1) is 0 Å². The maximum Gasteiger partial charge on any atom is 0.416 e. The molecule has 0 spiro atoms. The van der Waals surface area contributed by atoms with Crippen LogP contribution in [0.3, 0.4) is 0 Å². The Hall–Kier alpha value is -1.34. The van der Waals surface area contributed by atoms with Gasteiger partial charge in [-0.05, 0) is 31.0 Å². The van der Waals surface area contributed by atoms with Crippen LogP contribution < -0.4 is 0 Å². The minimum atomic E-state index is -4.55. The van der Waals surface area contributed by atoms with Gasteiger partial charge in [0.1, 0.15) is 0 Å². The van der Waals surface area contributed by atoms with E-state index in [1.54, 1.807) is 0 Å². The van der Waals surface area contributed by atoms with Gasteiger partial charge in [0.25, 0.3) is 0 Å². The molecule has 0 bridgehead atoms. The quantitative estimate of drug-likeness (QED) is 0.788. The molecule has 1 fully saturated rings. The molecule has 0 saturated carbocycles. The maximum absolute atomic E-state index is 12.6. The highest BCUT2D eigenvalue weighted by Gasteiger charge is 2.33. The third-order valence-corrected chi connectivity index (χ3v) is 5.12. The van der Waals surface area contributed by atoms with Gasteiger partial charge in [0.15, 0.2) is 0 Å². The first-order valence-corrected chi connectivity index (χ1v) is 7.49. The van der Waals surface area contributed by atoms with Crippen molar-refractivity contribution in [3.05, 3.63) is 42.0 Å². The molecule has 0 amide bonds. The van der Waals surface area contributed by atoms with Gasteiger partial charge in [0.05, 0.1) is 10.5 Å². The summed E-state index contributed by atoms with van der Waals surface area (Å²) >= 11 is 0. The smallest absolute Gasteiger partial charge is 0.207 e. The molecule has 110 valence electrons. The molecule has 0 unspecified atom stereocenters. The fourth-order valence-electron chi connectivity index (χ4n) is 2.02. The van der Waals surface area contributed by atoms with Crippen molar-refractivity contribution in [2.24, 2.45) is 0 Å². The standard InChI is InChI=1S/C13H14F3NO2S/c1-10-5-7-17(8-6-10)20(18,19)12-4-2-3-11(9-12)13(14,15)16/h2-4,9H,1,5-8H2. The maximum atomic E-state index is 12.6. The van der Waals surface area contributed by atoms with Crippen molar-refractivity contribution < 1.29 is 21.6 Å². The molecule has 0 N–H and O–H groups in total. The summed E-state index contributed by atoms with van der Waals surface area (Å²) in [5.41, 5.74) is 0.000450. The minimum absolute atomic E-state index is 0.261. The molecule has 1 aliphatic rings. The topological polar surface area (TPSA) is 37.4 Å². The number of piperidine rings is 1. The van der Waals surface area contributed by atoms with Crippen molar-refractivity contribution >= 4 is 10.0 Å². The summed E-state index contributed by atoms with van der Waals surface area (Å²) in [5, 5.41) is 0. The Labute approximate surface area is 115 Å². The van der Waals surface area contributed by atoms with Crippen molar-refractivity contribution in [3.8, 4) is 0 Å². The lowest BCUT2D eigenvalue weighted by Crippen LogP contribution is -2.36. The molecule has 7 heteroatoms. The van der Waals surface area contributed by atoms with Crippen molar-refractivity contribution in [3.63, 3.8) is 0 Å². The van der Waals surface area contributed by atoms with E-state index < -0.39 is 21.8 Å². The molecular weight excluding hydrogens is 291 g/mol. The lowest BCUT2D eigenvalue weighted by Gasteiger charge is -2.27. The zero-order valence-electron chi connectivity index (χ0n) is 10.7. The highest BCUT2D eigenvalue weighted by atomic mass is 32.2. The Morgan fingerprint density at radius 1 is 1.15 bits per heavy atom. The van der Waals surface area contributed by atoms with Crippen LogP contribution in [0.15, 0.2) is 41.3 Å². The van der Waals surface area contributed by atoms with Gasteiger partial charge in [-0.2, -0.15) is 17.5 Å². The number of halogens is 3. The minimum Gasteiger partial charge on any atom is -0.207 e. The number of hydrogen-bond donors (Lipinski definition) is 0. The largest absolute Gasteiger partial charge is 0.416 e. The second-order valence-corrected chi connectivity index (χ2v) is 6.62. The predicted molar refractivity (Wildman–Crippen MR) is 68.6 cm³/mol. The second-order valence-electron chi connectivity index (χ2n) is 4.68. The average molecular weight is 305 g/mol. The molecule has 1 aromatic carbocycles. The highest BCUT2D eigenvalue weighted by molar-refractivity contribution is 7.89. The Kier molecular flexibility index (Phi) is 3.93. The zero-order valence-corrected chi connectivity index (χ0v) is 11.5. The van der Waals surface area contributed by atoms with E-state index in [9.17, 15) is 21.6 Å². The monoisotopic (exact) mass is 305 g/mol. The van der Waals surface area contributed by atoms with Crippen LogP contribution >= 0.6 is 0 Å². The van der Waals surface area contributed by atoms with E-state index in [1.807, 2.05) is 0 Å². The number of sulfonamides is 1. The van der Waals surface area contributed by atoms with Crippen LogP contribution in [0, 0.1) is 0 Å². The number of alkyl halides is 3. The summed E-state index contributed by atoms with van der Waals surface area (Å²) in [6, 6.07) is 3.84. The molecule has 1 aliphatic heterocycles. The van der Waals surface area contributed by atoms with Gasteiger partial charge < -0.3 is 0 Å². The molecule has 2 rings (SSSR count). The molecular formula is C13H14F3NO2S. The van der Waals surface area contributed by atoms with Crippen LogP contribution in [-0.4, -0.2) is 25.8 Å². The first-order valence-electron chi connectivity index (χ1n) is 6.05. The van der Waals surface area contributed by atoms with E-state index >= 15 is 0 Å². The van der Waals surface area contributed by atoms with Gasteiger partial charge >= 0.3 is 6.18 Å². The van der Waals surface area contributed by atoms with E-state index in [2.05, 4.69) is 6.58 Å². The summed E-state index contributed by atoms with van der Waals surface area (Å²) in [4.78, 5) is -0.320. The van der Waals surface area contributed by atoms with Gasteiger partial charge in [0.2, 0.25) is 10.0 Å². The summed E-state index contributed by atoms with van der Waals surface area (Å²) in [7, 11) is -3.88. The van der Waals surface area contributed by atoms with Gasteiger partial charge in [-0.1, -0.05) is 18.2 Å². The summed E-state index contributed by atoms with van der Waals surface area (Å²) in [6.45, 7) is 4.30. The lowest BCUT2D eigenvalue weighted by atomic mass is 10.1. The van der Waals surface area contributed by atoms with Gasteiger partial charge in [-0.3, -0.25) is 0 Å². The van der Waals surface area contributed by atoms with Crippen LogP contribution in [0.5, 0.6) is 0 Å². The normalized spacial score (nSPS) is 18.2. The number of benzene rings is 1. The molecule has 0 radical (unpaired) electrons. The molecule has 1 aromatic rings. The van der Waals surface area contributed by atoms with Crippen LogP contribution in [0.2, 0.25) is 0 Å². The lowest BCUT2D eigenvalue weighted by molar-refractivity contribution is -0.137. The van der Waals surface area contributed by atoms with Crippen LogP contribution in [0.4, 0.5) is 13.2 Å². The first kappa shape index (κ1) is 15.1. The number of nitrogens with zero attached hydrogens (tertiary/aromatic N) is 1. The second kappa shape index (κ2) is 5.21. The Balaban J connectivity index is 2.33. The van der Waals surface area contributed by atoms with E-state index in [0.717, 1.165) is 17.7 Å². The SMILES string of the molecule is C=C1CCN(S(=O)(=O)c2cccc(C(F)(F)F)c2)CC1. The third kappa shape index (κ3) is 3.04. The Morgan fingerprint density at radius 2 is 1.75 bits per heavy atom. The van der Waals surface area contributed by atoms with Crippen LogP contribution in [0.25, 0.3) is 0 Å². The molecule has 0 atom stereocenters. The molecule has 0 aliphatic carbocycles. The van der Waals surface area contributed by atoms with E-state index in [4.69, 9.17) is 0 Å². The van der Waals surface area contributed by atoms with Crippen LogP contribution in [-0.2, 0) is 16.2 Å². The summed E-state index contributed by atoms with van der Waals surface area (Å²) in [6.07, 6.45) is -3.47. The Morgan fingerprint density at radius 3 is 2.30 bits per heavy atom. The molecule has 1 heterocycles. The molecule has 0 aromatic heterocycles. The zero-order chi connectivity index (χ0) is 15.0. The van der Waals surface area contributed by atoms with Crippen LogP contribution in [0.1, 0.15) is 18.4 Å². The summed E-state index contributed by atoms with van der Waals surface area (Å²) in [5.74, 6) is 0. The van der Waals surface area contributed by atoms with Crippen molar-refractivity contribution in [1.29, 1.82) is 0 Å². The average Bonchev–Trinajstić information content (AvgIpc) is 2.38. The Bertz CT molecular complexity index is 613. The van der Waals surface area contributed by atoms with Gasteiger partial charge in [0, 0.05) is 13.1 Å². The van der Waals surface area contributed by atoms with E-state index in [0.29, 0.717) is 18.9 Å². The van der Waals surface area contributed by atoms with Crippen molar-refractivity contribution in [2.45, 2.75) is 23.9 Å². The van der Waals surface area contributed by atoms with E-state index in [-0.39, 0.29) is 18.0 Å². The van der Waals surface area contributed by atoms with Crippen molar-refractivity contribution in [1.82, 2.24) is 4.31 Å². The fourth-order valence-corrected chi connectivity index (χ4v) is 3.51. The van der Waals surface area contributed by atoms with E-state index in [1.165, 1.54) is 10.4 Å². The highest BCUT2D eigenvalue weighted by Crippen LogP contribution is 2.31. The molecule has 1 saturated heterocycles. The first-order chi connectivity index (χ1) is 9.21. The number of rotatable bonds is 2. The van der Waals surface area contributed by atoms with Gasteiger partial charge in [-0.25, -0.2) is 8.42 Å². The fraction of sp³-hybridized carbons (Fsp3) is 0.385. The summed E-state index contributed by atoms with van der Waals surface area (Å²) < 4.78 is 63.7. The third-order valence-electron chi connectivity index (χ3n) is 3.23. The molecule has 20 heavy (non-hydrogen) atoms. The number of hydrogen-bond acceptors (Lipinski definition) is 2. The molecule has 3 nitrogen and oxygen atoms in total. The predicted octanol–water partition coefficient (Wildman–Crippen LogP) is 3.05. The van der Waals surface area contributed by atoms with Crippen molar-refractivity contribution in [2.75, 3.05) is 13.1 Å².